The second kappa shape index (κ2) is 7.17. The molecule has 2 aromatic carbocycles. The number of aromatic hydroxyl groups is 2. The smallest absolute Gasteiger partial charge is 0.349 e. The maximum atomic E-state index is 11.7. The van der Waals surface area contributed by atoms with Crippen LogP contribution in [-0.4, -0.2) is 35.9 Å². The second-order valence-corrected chi connectivity index (χ2v) is 4.47. The molecule has 0 unspecified atom stereocenters. The molecule has 120 valence electrons. The van der Waals surface area contributed by atoms with Gasteiger partial charge in [-0.3, -0.25) is 0 Å². The summed E-state index contributed by atoms with van der Waals surface area (Å²) < 4.78 is 14.7. The van der Waals surface area contributed by atoms with Crippen LogP contribution >= 0.6 is 0 Å². The molecule has 0 aromatic heterocycles. The van der Waals surface area contributed by atoms with E-state index in [1.54, 1.807) is 18.2 Å². The quantitative estimate of drug-likeness (QED) is 0.641. The molecule has 0 atom stereocenters. The predicted octanol–water partition coefficient (Wildman–Crippen LogP) is 1.87. The molecule has 2 rings (SSSR count). The molecule has 0 amide bonds. The minimum atomic E-state index is -0.876. The number of hydrogen-bond donors (Lipinski definition) is 2. The SMILES string of the molecule is COc1cccc(OC(=O)COC(=O)c2cc(O)cc(O)c2)c1. The van der Waals surface area contributed by atoms with E-state index in [4.69, 9.17) is 14.2 Å². The van der Waals surface area contributed by atoms with Crippen LogP contribution in [0, 0.1) is 0 Å². The maximum Gasteiger partial charge on any atom is 0.349 e. The number of phenolic OH excluding ortho intramolecular Hbond substituents is 2. The third-order valence-electron chi connectivity index (χ3n) is 2.73. The summed E-state index contributed by atoms with van der Waals surface area (Å²) in [5.41, 5.74) is -0.0864. The predicted molar refractivity (Wildman–Crippen MR) is 78.7 cm³/mol. The monoisotopic (exact) mass is 318 g/mol. The van der Waals surface area contributed by atoms with Crippen LogP contribution < -0.4 is 9.47 Å². The van der Waals surface area contributed by atoms with Crippen LogP contribution in [0.1, 0.15) is 10.4 Å². The van der Waals surface area contributed by atoms with E-state index < -0.39 is 18.5 Å². The van der Waals surface area contributed by atoms with Crippen molar-refractivity contribution in [2.75, 3.05) is 13.7 Å². The molecule has 23 heavy (non-hydrogen) atoms. The average molecular weight is 318 g/mol. The van der Waals surface area contributed by atoms with Gasteiger partial charge in [-0.15, -0.1) is 0 Å². The van der Waals surface area contributed by atoms with E-state index in [0.29, 0.717) is 5.75 Å². The lowest BCUT2D eigenvalue weighted by molar-refractivity contribution is -0.137. The number of hydrogen-bond acceptors (Lipinski definition) is 7. The molecule has 0 aliphatic heterocycles. The van der Waals surface area contributed by atoms with Crippen LogP contribution in [0.3, 0.4) is 0 Å². The van der Waals surface area contributed by atoms with Crippen LogP contribution in [0.2, 0.25) is 0 Å². The molecule has 7 nitrogen and oxygen atoms in total. The van der Waals surface area contributed by atoms with Crippen molar-refractivity contribution >= 4 is 11.9 Å². The van der Waals surface area contributed by atoms with Gasteiger partial charge in [-0.05, 0) is 24.3 Å². The number of ether oxygens (including phenoxy) is 3. The topological polar surface area (TPSA) is 102 Å². The first-order chi connectivity index (χ1) is 11.0. The Labute approximate surface area is 131 Å². The molecule has 0 bridgehead atoms. The summed E-state index contributed by atoms with van der Waals surface area (Å²) in [6.45, 7) is -0.619. The zero-order valence-corrected chi connectivity index (χ0v) is 12.2. The van der Waals surface area contributed by atoms with Gasteiger partial charge in [0.15, 0.2) is 6.61 Å². The minimum absolute atomic E-state index is 0.0864. The van der Waals surface area contributed by atoms with Crippen molar-refractivity contribution in [1.29, 1.82) is 0 Å². The first-order valence-corrected chi connectivity index (χ1v) is 6.53. The molecule has 0 fully saturated rings. The Balaban J connectivity index is 1.92. The van der Waals surface area contributed by atoms with E-state index >= 15 is 0 Å². The Morgan fingerprint density at radius 1 is 1.00 bits per heavy atom. The van der Waals surface area contributed by atoms with Gasteiger partial charge < -0.3 is 24.4 Å². The van der Waals surface area contributed by atoms with E-state index in [9.17, 15) is 19.8 Å². The van der Waals surface area contributed by atoms with E-state index in [-0.39, 0.29) is 22.8 Å². The molecule has 0 saturated heterocycles. The van der Waals surface area contributed by atoms with E-state index in [1.165, 1.54) is 13.2 Å². The van der Waals surface area contributed by atoms with Crippen molar-refractivity contribution in [1.82, 2.24) is 0 Å². The molecule has 2 N–H and O–H groups in total. The highest BCUT2D eigenvalue weighted by Gasteiger charge is 2.13. The molecule has 0 saturated carbocycles. The van der Waals surface area contributed by atoms with Crippen molar-refractivity contribution in [3.05, 3.63) is 48.0 Å². The van der Waals surface area contributed by atoms with E-state index in [0.717, 1.165) is 18.2 Å². The molecule has 0 radical (unpaired) electrons. The van der Waals surface area contributed by atoms with Gasteiger partial charge in [0.05, 0.1) is 12.7 Å². The van der Waals surface area contributed by atoms with Crippen molar-refractivity contribution in [2.24, 2.45) is 0 Å². The number of carbonyl (C=O) groups is 2. The molecule has 7 heteroatoms. The average Bonchev–Trinajstić information content (AvgIpc) is 2.51. The molecule has 0 heterocycles. The van der Waals surface area contributed by atoms with Gasteiger partial charge in [0.1, 0.15) is 23.0 Å². The summed E-state index contributed by atoms with van der Waals surface area (Å²) in [7, 11) is 1.48. The number of carbonyl (C=O) groups excluding carboxylic acids is 2. The van der Waals surface area contributed by atoms with Crippen molar-refractivity contribution < 1.29 is 34.0 Å². The fourth-order valence-corrected chi connectivity index (χ4v) is 1.75. The molecule has 2 aromatic rings. The van der Waals surface area contributed by atoms with E-state index in [2.05, 4.69) is 0 Å². The highest BCUT2D eigenvalue weighted by molar-refractivity contribution is 5.91. The van der Waals surface area contributed by atoms with Crippen molar-refractivity contribution in [3.8, 4) is 23.0 Å². The van der Waals surface area contributed by atoms with Crippen molar-refractivity contribution in [2.45, 2.75) is 0 Å². The lowest BCUT2D eigenvalue weighted by Crippen LogP contribution is -2.18. The van der Waals surface area contributed by atoms with Gasteiger partial charge in [0.25, 0.3) is 0 Å². The number of phenols is 2. The minimum Gasteiger partial charge on any atom is -0.508 e. The fourth-order valence-electron chi connectivity index (χ4n) is 1.75. The molecule has 0 spiro atoms. The zero-order valence-electron chi connectivity index (χ0n) is 12.2. The fraction of sp³-hybridized carbons (Fsp3) is 0.125. The van der Waals surface area contributed by atoms with E-state index in [1.807, 2.05) is 0 Å². The van der Waals surface area contributed by atoms with Gasteiger partial charge in [-0.1, -0.05) is 6.07 Å². The van der Waals surface area contributed by atoms with Crippen LogP contribution in [0.5, 0.6) is 23.0 Å². The Bertz CT molecular complexity index is 704. The first kappa shape index (κ1) is 16.2. The molecule has 0 aliphatic carbocycles. The van der Waals surface area contributed by atoms with Crippen molar-refractivity contribution in [3.63, 3.8) is 0 Å². The van der Waals surface area contributed by atoms with Gasteiger partial charge in [-0.2, -0.15) is 0 Å². The highest BCUT2D eigenvalue weighted by Crippen LogP contribution is 2.21. The largest absolute Gasteiger partial charge is 0.508 e. The van der Waals surface area contributed by atoms with Gasteiger partial charge >= 0.3 is 11.9 Å². The third-order valence-corrected chi connectivity index (χ3v) is 2.73. The molecular weight excluding hydrogens is 304 g/mol. The maximum absolute atomic E-state index is 11.7. The normalized spacial score (nSPS) is 9.96. The van der Waals surface area contributed by atoms with Crippen LogP contribution in [0.25, 0.3) is 0 Å². The van der Waals surface area contributed by atoms with Crippen LogP contribution in [0.15, 0.2) is 42.5 Å². The standard InChI is InChI=1S/C16H14O7/c1-21-13-3-2-4-14(8-13)23-15(19)9-22-16(20)10-5-11(17)7-12(18)6-10/h2-8,17-18H,9H2,1H3. The third kappa shape index (κ3) is 4.63. The highest BCUT2D eigenvalue weighted by atomic mass is 16.6. The Kier molecular flexibility index (Phi) is 5.03. The van der Waals surface area contributed by atoms with Gasteiger partial charge in [0, 0.05) is 12.1 Å². The number of esters is 2. The summed E-state index contributed by atoms with van der Waals surface area (Å²) >= 11 is 0. The summed E-state index contributed by atoms with van der Waals surface area (Å²) in [4.78, 5) is 23.4. The lowest BCUT2D eigenvalue weighted by Gasteiger charge is -2.07. The van der Waals surface area contributed by atoms with Gasteiger partial charge in [0.2, 0.25) is 0 Å². The molecular formula is C16H14O7. The first-order valence-electron chi connectivity index (χ1n) is 6.53. The Hall–Kier alpha value is -3.22. The summed E-state index contributed by atoms with van der Waals surface area (Å²) in [6, 6.07) is 9.66. The zero-order chi connectivity index (χ0) is 16.8. The number of rotatable bonds is 5. The van der Waals surface area contributed by atoms with Crippen LogP contribution in [0.4, 0.5) is 0 Å². The number of benzene rings is 2. The van der Waals surface area contributed by atoms with Crippen LogP contribution in [-0.2, 0) is 9.53 Å². The summed E-state index contributed by atoms with van der Waals surface area (Å²) in [6.07, 6.45) is 0. The molecule has 0 aliphatic rings. The summed E-state index contributed by atoms with van der Waals surface area (Å²) in [5, 5.41) is 18.6. The lowest BCUT2D eigenvalue weighted by atomic mass is 10.2. The van der Waals surface area contributed by atoms with Gasteiger partial charge in [-0.25, -0.2) is 9.59 Å². The second-order valence-electron chi connectivity index (χ2n) is 4.47. The summed E-state index contributed by atoms with van der Waals surface area (Å²) in [5.74, 6) is -1.48. The Morgan fingerprint density at radius 2 is 1.65 bits per heavy atom. The Morgan fingerprint density at radius 3 is 2.30 bits per heavy atom. The number of methoxy groups -OCH3 is 1.